The predicted octanol–water partition coefficient (Wildman–Crippen LogP) is 3.72. The largest absolute Gasteiger partial charge is 0.353 e. The van der Waals surface area contributed by atoms with E-state index in [4.69, 9.17) is 11.6 Å². The third-order valence-electron chi connectivity index (χ3n) is 2.11. The van der Waals surface area contributed by atoms with Crippen LogP contribution in [-0.2, 0) is 0 Å². The molecule has 2 nitrogen and oxygen atoms in total. The number of fused-ring (bicyclic) bond motifs is 1. The number of hydrogen-bond donors (Lipinski definition) is 1. The van der Waals surface area contributed by atoms with Crippen molar-refractivity contribution in [2.24, 2.45) is 0 Å². The lowest BCUT2D eigenvalue weighted by atomic mass is 10.2. The van der Waals surface area contributed by atoms with Crippen molar-refractivity contribution >= 4 is 45.1 Å². The average Bonchev–Trinajstić information content (AvgIpc) is 2.19. The Hall–Kier alpha value is -0.690. The fourth-order valence-corrected chi connectivity index (χ4v) is 2.58. The summed E-state index contributed by atoms with van der Waals surface area (Å²) in [4.78, 5) is 14.1. The highest BCUT2D eigenvalue weighted by molar-refractivity contribution is 14.1. The van der Waals surface area contributed by atoms with E-state index < -0.39 is 11.9 Å². The Kier molecular flexibility index (Phi) is 3.16. The van der Waals surface area contributed by atoms with Crippen molar-refractivity contribution in [1.82, 2.24) is 4.98 Å². The van der Waals surface area contributed by atoms with Crippen LogP contribution in [0.1, 0.15) is 12.1 Å². The van der Waals surface area contributed by atoms with Gasteiger partial charge >= 0.3 is 0 Å². The molecule has 1 aromatic carbocycles. The van der Waals surface area contributed by atoms with Crippen LogP contribution in [0.4, 0.5) is 8.78 Å². The minimum Gasteiger partial charge on any atom is -0.353 e. The SMILES string of the molecule is O=c1cc(C(F)F)[nH]c2c(I)cc(Cl)cc12. The van der Waals surface area contributed by atoms with Crippen LogP contribution in [0, 0.1) is 3.57 Å². The van der Waals surface area contributed by atoms with Gasteiger partial charge in [0, 0.05) is 20.0 Å². The molecule has 6 heteroatoms. The third kappa shape index (κ3) is 2.06. The maximum absolute atomic E-state index is 12.5. The Labute approximate surface area is 108 Å². The van der Waals surface area contributed by atoms with Crippen LogP contribution < -0.4 is 5.43 Å². The number of nitrogens with one attached hydrogen (secondary N) is 1. The smallest absolute Gasteiger partial charge is 0.278 e. The molecule has 0 aliphatic rings. The van der Waals surface area contributed by atoms with Crippen molar-refractivity contribution in [3.8, 4) is 0 Å². The van der Waals surface area contributed by atoms with Gasteiger partial charge in [0.05, 0.1) is 11.2 Å². The number of pyridine rings is 1. The van der Waals surface area contributed by atoms with E-state index in [1.165, 1.54) is 6.07 Å². The number of aromatic nitrogens is 1. The van der Waals surface area contributed by atoms with Gasteiger partial charge in [0.15, 0.2) is 5.43 Å². The zero-order valence-corrected chi connectivity index (χ0v) is 10.6. The highest BCUT2D eigenvalue weighted by atomic mass is 127. The molecule has 0 amide bonds. The summed E-state index contributed by atoms with van der Waals surface area (Å²) in [6, 6.07) is 3.97. The Bertz CT molecular complexity index is 612. The second kappa shape index (κ2) is 4.29. The summed E-state index contributed by atoms with van der Waals surface area (Å²) in [5.74, 6) is 0. The normalized spacial score (nSPS) is 11.3. The van der Waals surface area contributed by atoms with Gasteiger partial charge < -0.3 is 4.98 Å². The minimum absolute atomic E-state index is 0.321. The van der Waals surface area contributed by atoms with Crippen molar-refractivity contribution in [2.75, 3.05) is 0 Å². The second-order valence-corrected chi connectivity index (χ2v) is 4.80. The van der Waals surface area contributed by atoms with Gasteiger partial charge in [-0.3, -0.25) is 4.79 Å². The maximum Gasteiger partial charge on any atom is 0.278 e. The van der Waals surface area contributed by atoms with Gasteiger partial charge in [0.1, 0.15) is 0 Å². The summed E-state index contributed by atoms with van der Waals surface area (Å²) >= 11 is 7.73. The highest BCUT2D eigenvalue weighted by Crippen LogP contribution is 2.24. The molecule has 2 aromatic rings. The Morgan fingerprint density at radius 3 is 2.62 bits per heavy atom. The molecule has 0 unspecified atom stereocenters. The molecule has 0 saturated carbocycles. The molecule has 0 fully saturated rings. The zero-order chi connectivity index (χ0) is 11.9. The first kappa shape index (κ1) is 11.8. The number of benzene rings is 1. The first-order chi connectivity index (χ1) is 7.49. The third-order valence-corrected chi connectivity index (χ3v) is 3.18. The second-order valence-electron chi connectivity index (χ2n) is 3.20. The van der Waals surface area contributed by atoms with Crippen molar-refractivity contribution < 1.29 is 8.78 Å². The van der Waals surface area contributed by atoms with Gasteiger partial charge in [-0.1, -0.05) is 11.6 Å². The molecular weight excluding hydrogens is 350 g/mol. The van der Waals surface area contributed by atoms with Crippen LogP contribution in [0.25, 0.3) is 10.9 Å². The van der Waals surface area contributed by atoms with Crippen LogP contribution in [0.5, 0.6) is 0 Å². The average molecular weight is 356 g/mol. The maximum atomic E-state index is 12.5. The van der Waals surface area contributed by atoms with Gasteiger partial charge in [-0.05, 0) is 34.7 Å². The molecular formula is C10H5ClF2INO. The van der Waals surface area contributed by atoms with Crippen LogP contribution in [0.2, 0.25) is 5.02 Å². The van der Waals surface area contributed by atoms with Crippen molar-refractivity contribution in [2.45, 2.75) is 6.43 Å². The molecule has 84 valence electrons. The zero-order valence-electron chi connectivity index (χ0n) is 7.73. The molecule has 0 bridgehead atoms. The molecule has 2 rings (SSSR count). The monoisotopic (exact) mass is 355 g/mol. The number of hydrogen-bond acceptors (Lipinski definition) is 1. The summed E-state index contributed by atoms with van der Waals surface area (Å²) in [6.45, 7) is 0. The van der Waals surface area contributed by atoms with E-state index in [1.807, 2.05) is 22.6 Å². The van der Waals surface area contributed by atoms with Crippen LogP contribution in [0.3, 0.4) is 0 Å². The van der Waals surface area contributed by atoms with Crippen molar-refractivity contribution in [3.63, 3.8) is 0 Å². The molecule has 16 heavy (non-hydrogen) atoms. The molecule has 1 heterocycles. The molecule has 0 aliphatic carbocycles. The summed E-state index contributed by atoms with van der Waals surface area (Å²) < 4.78 is 25.6. The van der Waals surface area contributed by atoms with E-state index in [2.05, 4.69) is 4.98 Å². The standard InChI is InChI=1S/C10H5ClF2INO/c11-4-1-5-8(16)3-7(10(12)13)15-9(5)6(14)2-4/h1-3,10H,(H,15,16). The molecule has 0 radical (unpaired) electrons. The van der Waals surface area contributed by atoms with Gasteiger partial charge in [-0.25, -0.2) is 8.78 Å². The number of H-pyrrole nitrogens is 1. The lowest BCUT2D eigenvalue weighted by Crippen LogP contribution is -2.06. The van der Waals surface area contributed by atoms with Crippen LogP contribution in [0.15, 0.2) is 23.0 Å². The van der Waals surface area contributed by atoms with Crippen molar-refractivity contribution in [1.29, 1.82) is 0 Å². The first-order valence-corrected chi connectivity index (χ1v) is 5.75. The summed E-state index contributed by atoms with van der Waals surface area (Å²) in [6.07, 6.45) is -2.69. The summed E-state index contributed by atoms with van der Waals surface area (Å²) in [5.41, 5.74) is -0.435. The highest BCUT2D eigenvalue weighted by Gasteiger charge is 2.12. The Morgan fingerprint density at radius 2 is 2.00 bits per heavy atom. The molecule has 0 saturated heterocycles. The predicted molar refractivity (Wildman–Crippen MR) is 67.3 cm³/mol. The summed E-state index contributed by atoms with van der Waals surface area (Å²) in [7, 11) is 0. The lowest BCUT2D eigenvalue weighted by Gasteiger charge is -2.05. The number of rotatable bonds is 1. The molecule has 0 aliphatic heterocycles. The fourth-order valence-electron chi connectivity index (χ4n) is 1.41. The number of halogens is 4. The Morgan fingerprint density at radius 1 is 1.31 bits per heavy atom. The van der Waals surface area contributed by atoms with Crippen LogP contribution >= 0.6 is 34.2 Å². The van der Waals surface area contributed by atoms with Gasteiger partial charge in [0.25, 0.3) is 6.43 Å². The van der Waals surface area contributed by atoms with Crippen LogP contribution in [-0.4, -0.2) is 4.98 Å². The molecule has 1 N–H and O–H groups in total. The lowest BCUT2D eigenvalue weighted by molar-refractivity contribution is 0.146. The minimum atomic E-state index is -2.69. The fraction of sp³-hybridized carbons (Fsp3) is 0.100. The molecule has 0 atom stereocenters. The topological polar surface area (TPSA) is 32.9 Å². The summed E-state index contributed by atoms with van der Waals surface area (Å²) in [5, 5.41) is 0.730. The van der Waals surface area contributed by atoms with E-state index >= 15 is 0 Å². The van der Waals surface area contributed by atoms with Crippen molar-refractivity contribution in [3.05, 3.63) is 42.7 Å². The van der Waals surface area contributed by atoms with E-state index in [0.717, 1.165) is 6.07 Å². The first-order valence-electron chi connectivity index (χ1n) is 4.29. The van der Waals surface area contributed by atoms with E-state index in [9.17, 15) is 13.6 Å². The molecule has 0 spiro atoms. The van der Waals surface area contributed by atoms with E-state index in [1.54, 1.807) is 6.07 Å². The van der Waals surface area contributed by atoms with Gasteiger partial charge in [0.2, 0.25) is 0 Å². The quantitative estimate of drug-likeness (QED) is 0.777. The van der Waals surface area contributed by atoms with Gasteiger partial charge in [-0.2, -0.15) is 0 Å². The number of aromatic amines is 1. The molecule has 1 aromatic heterocycles. The van der Waals surface area contributed by atoms with Gasteiger partial charge in [-0.15, -0.1) is 0 Å². The number of alkyl halides is 2. The van der Waals surface area contributed by atoms with E-state index in [0.29, 0.717) is 19.5 Å². The van der Waals surface area contributed by atoms with E-state index in [-0.39, 0.29) is 5.69 Å². The Balaban J connectivity index is 2.87.